The zero-order valence-corrected chi connectivity index (χ0v) is 19.2. The van der Waals surface area contributed by atoms with E-state index in [0.717, 1.165) is 16.9 Å². The van der Waals surface area contributed by atoms with Crippen molar-refractivity contribution >= 4 is 11.8 Å². The molecule has 0 aliphatic carbocycles. The average molecular weight is 463 g/mol. The van der Waals surface area contributed by atoms with Gasteiger partial charge in [0.25, 0.3) is 5.91 Å². The van der Waals surface area contributed by atoms with Crippen LogP contribution in [0.5, 0.6) is 11.5 Å². The van der Waals surface area contributed by atoms with Crippen molar-refractivity contribution in [3.05, 3.63) is 95.3 Å². The molecule has 1 N–H and O–H groups in total. The second kappa shape index (κ2) is 10.4. The van der Waals surface area contributed by atoms with Gasteiger partial charge in [-0.15, -0.1) is 0 Å². The fraction of sp³-hybridized carbons (Fsp3) is 0.259. The highest BCUT2D eigenvalue weighted by molar-refractivity contribution is 5.95. The van der Waals surface area contributed by atoms with E-state index in [9.17, 15) is 14.0 Å². The van der Waals surface area contributed by atoms with Crippen LogP contribution in [0.15, 0.2) is 72.8 Å². The molecule has 1 aliphatic heterocycles. The molecule has 7 heteroatoms. The number of ether oxygens (including phenoxy) is 2. The summed E-state index contributed by atoms with van der Waals surface area (Å²) < 4.78 is 23.7. The third kappa shape index (κ3) is 5.20. The van der Waals surface area contributed by atoms with Gasteiger partial charge in [0.15, 0.2) is 0 Å². The van der Waals surface area contributed by atoms with E-state index >= 15 is 0 Å². The Labute approximate surface area is 198 Å². The summed E-state index contributed by atoms with van der Waals surface area (Å²) in [6.45, 7) is 0.994. The summed E-state index contributed by atoms with van der Waals surface area (Å²) in [5, 5.41) is 2.96. The lowest BCUT2D eigenvalue weighted by molar-refractivity contribution is -0.125. The largest absolute Gasteiger partial charge is 0.497 e. The lowest BCUT2D eigenvalue weighted by Crippen LogP contribution is -2.35. The van der Waals surface area contributed by atoms with Crippen LogP contribution >= 0.6 is 0 Å². The molecule has 1 saturated heterocycles. The predicted molar refractivity (Wildman–Crippen MR) is 126 cm³/mol. The summed E-state index contributed by atoms with van der Waals surface area (Å²) in [5.41, 5.74) is 2.28. The minimum Gasteiger partial charge on any atom is -0.497 e. The molecule has 1 aliphatic rings. The van der Waals surface area contributed by atoms with E-state index in [1.807, 2.05) is 24.3 Å². The number of nitrogens with zero attached hydrogens (tertiary/aromatic N) is 1. The van der Waals surface area contributed by atoms with Gasteiger partial charge >= 0.3 is 0 Å². The first-order valence-electron chi connectivity index (χ1n) is 11.1. The molecule has 0 saturated carbocycles. The van der Waals surface area contributed by atoms with E-state index in [1.54, 1.807) is 55.5 Å². The number of benzene rings is 3. The van der Waals surface area contributed by atoms with Crippen LogP contribution in [0.25, 0.3) is 0 Å². The number of halogens is 1. The molecule has 1 heterocycles. The lowest BCUT2D eigenvalue weighted by Gasteiger charge is -2.18. The van der Waals surface area contributed by atoms with Gasteiger partial charge in [0, 0.05) is 31.1 Å². The summed E-state index contributed by atoms with van der Waals surface area (Å²) >= 11 is 0. The van der Waals surface area contributed by atoms with Crippen LogP contribution in [0.4, 0.5) is 4.39 Å². The molecule has 0 aromatic heterocycles. The van der Waals surface area contributed by atoms with Crippen LogP contribution < -0.4 is 14.8 Å². The molecule has 1 fully saturated rings. The van der Waals surface area contributed by atoms with Crippen molar-refractivity contribution in [1.82, 2.24) is 10.2 Å². The van der Waals surface area contributed by atoms with E-state index in [2.05, 4.69) is 5.32 Å². The molecule has 2 atom stereocenters. The number of methoxy groups -OCH3 is 2. The van der Waals surface area contributed by atoms with Gasteiger partial charge < -0.3 is 19.7 Å². The third-order valence-electron chi connectivity index (χ3n) is 6.18. The number of hydrogen-bond acceptors (Lipinski definition) is 4. The summed E-state index contributed by atoms with van der Waals surface area (Å²) in [4.78, 5) is 28.2. The molecule has 0 spiro atoms. The fourth-order valence-electron chi connectivity index (χ4n) is 4.29. The molecule has 34 heavy (non-hydrogen) atoms. The topological polar surface area (TPSA) is 67.9 Å². The molecule has 2 amide bonds. The smallest absolute Gasteiger partial charge is 0.254 e. The highest BCUT2D eigenvalue weighted by Gasteiger charge is 2.40. The molecule has 176 valence electrons. The SMILES string of the molecule is COc1ccc(C2CN(C(=O)c3cccc(OC)c3)CC2C(=O)NCc2ccc(F)cc2)cc1. The molecule has 2 unspecified atom stereocenters. The normalized spacial score (nSPS) is 17.3. The summed E-state index contributed by atoms with van der Waals surface area (Å²) in [5.74, 6) is 0.111. The van der Waals surface area contributed by atoms with E-state index in [1.165, 1.54) is 12.1 Å². The van der Waals surface area contributed by atoms with Gasteiger partial charge in [0.05, 0.1) is 20.1 Å². The average Bonchev–Trinajstić information content (AvgIpc) is 3.33. The van der Waals surface area contributed by atoms with Crippen LogP contribution in [0.1, 0.15) is 27.4 Å². The summed E-state index contributed by atoms with van der Waals surface area (Å²) in [6.07, 6.45) is 0. The Morgan fingerprint density at radius 1 is 0.941 bits per heavy atom. The number of carbonyl (C=O) groups is 2. The standard InChI is InChI=1S/C27H27FN2O4/c1-33-22-12-8-19(9-13-22)24-16-30(27(32)20-4-3-5-23(14-20)34-2)17-25(24)26(31)29-15-18-6-10-21(28)11-7-18/h3-14,24-25H,15-17H2,1-2H3,(H,29,31). The Hall–Kier alpha value is -3.87. The minimum atomic E-state index is -0.427. The molecule has 3 aromatic carbocycles. The Kier molecular flexibility index (Phi) is 7.11. The Bertz CT molecular complexity index is 1150. The molecule has 6 nitrogen and oxygen atoms in total. The second-order valence-corrected chi connectivity index (χ2v) is 8.27. The maximum atomic E-state index is 13.3. The zero-order valence-electron chi connectivity index (χ0n) is 19.2. The molecule has 0 radical (unpaired) electrons. The number of nitrogens with one attached hydrogen (secondary N) is 1. The van der Waals surface area contributed by atoms with Crippen molar-refractivity contribution in [2.75, 3.05) is 27.3 Å². The van der Waals surface area contributed by atoms with Crippen LogP contribution in [0, 0.1) is 11.7 Å². The van der Waals surface area contributed by atoms with Crippen LogP contribution in [0.3, 0.4) is 0 Å². The Morgan fingerprint density at radius 3 is 2.32 bits per heavy atom. The molecule has 4 rings (SSSR count). The van der Waals surface area contributed by atoms with Crippen molar-refractivity contribution in [2.24, 2.45) is 5.92 Å². The molecule has 0 bridgehead atoms. The van der Waals surface area contributed by atoms with Crippen LogP contribution in [-0.2, 0) is 11.3 Å². The van der Waals surface area contributed by atoms with E-state index in [0.29, 0.717) is 24.4 Å². The third-order valence-corrected chi connectivity index (χ3v) is 6.18. The number of amides is 2. The van der Waals surface area contributed by atoms with E-state index in [4.69, 9.17) is 9.47 Å². The van der Waals surface area contributed by atoms with Crippen molar-refractivity contribution < 1.29 is 23.5 Å². The van der Waals surface area contributed by atoms with Gasteiger partial charge in [-0.3, -0.25) is 9.59 Å². The first kappa shape index (κ1) is 23.3. The number of likely N-dealkylation sites (tertiary alicyclic amines) is 1. The summed E-state index contributed by atoms with van der Waals surface area (Å²) in [6, 6.07) is 20.6. The van der Waals surface area contributed by atoms with Crippen molar-refractivity contribution in [2.45, 2.75) is 12.5 Å². The predicted octanol–water partition coefficient (Wildman–Crippen LogP) is 4.02. The number of rotatable bonds is 7. The molecular formula is C27H27FN2O4. The molecular weight excluding hydrogens is 435 g/mol. The Morgan fingerprint density at radius 2 is 1.65 bits per heavy atom. The molecule has 3 aromatic rings. The fourth-order valence-corrected chi connectivity index (χ4v) is 4.29. The zero-order chi connectivity index (χ0) is 24.1. The highest BCUT2D eigenvalue weighted by atomic mass is 19.1. The maximum absolute atomic E-state index is 13.3. The van der Waals surface area contributed by atoms with Gasteiger partial charge in [-0.25, -0.2) is 4.39 Å². The summed E-state index contributed by atoms with van der Waals surface area (Å²) in [7, 11) is 3.16. The van der Waals surface area contributed by atoms with Crippen molar-refractivity contribution in [3.63, 3.8) is 0 Å². The monoisotopic (exact) mass is 462 g/mol. The van der Waals surface area contributed by atoms with E-state index in [-0.39, 0.29) is 30.1 Å². The van der Waals surface area contributed by atoms with E-state index < -0.39 is 5.92 Å². The van der Waals surface area contributed by atoms with Crippen molar-refractivity contribution in [3.8, 4) is 11.5 Å². The van der Waals surface area contributed by atoms with Gasteiger partial charge in [-0.05, 0) is 53.6 Å². The van der Waals surface area contributed by atoms with Gasteiger partial charge in [-0.2, -0.15) is 0 Å². The lowest BCUT2D eigenvalue weighted by atomic mass is 9.88. The van der Waals surface area contributed by atoms with Gasteiger partial charge in [0.2, 0.25) is 5.91 Å². The Balaban J connectivity index is 1.54. The van der Waals surface area contributed by atoms with Crippen molar-refractivity contribution in [1.29, 1.82) is 0 Å². The first-order chi connectivity index (χ1) is 16.5. The minimum absolute atomic E-state index is 0.147. The van der Waals surface area contributed by atoms with Gasteiger partial charge in [-0.1, -0.05) is 30.3 Å². The number of hydrogen-bond donors (Lipinski definition) is 1. The van der Waals surface area contributed by atoms with Gasteiger partial charge in [0.1, 0.15) is 17.3 Å². The van der Waals surface area contributed by atoms with Crippen LogP contribution in [0.2, 0.25) is 0 Å². The quantitative estimate of drug-likeness (QED) is 0.576. The first-order valence-corrected chi connectivity index (χ1v) is 11.1. The maximum Gasteiger partial charge on any atom is 0.254 e. The number of carbonyl (C=O) groups excluding carboxylic acids is 2. The highest BCUT2D eigenvalue weighted by Crippen LogP contribution is 2.35. The van der Waals surface area contributed by atoms with Crippen LogP contribution in [-0.4, -0.2) is 44.0 Å². The second-order valence-electron chi connectivity index (χ2n) is 8.27.